The third-order valence-corrected chi connectivity index (χ3v) is 2.39. The van der Waals surface area contributed by atoms with Crippen molar-refractivity contribution in [3.8, 4) is 0 Å². The number of hydrogen-bond donors (Lipinski definition) is 1. The van der Waals surface area contributed by atoms with Gasteiger partial charge in [-0.25, -0.2) is 4.39 Å². The van der Waals surface area contributed by atoms with Crippen LogP contribution in [0.25, 0.3) is 0 Å². The summed E-state index contributed by atoms with van der Waals surface area (Å²) in [6.07, 6.45) is 1.77. The SMILES string of the molecule is CNc1ccc(F)c(CCCN(C)C)c1. The first-order valence-corrected chi connectivity index (χ1v) is 5.24. The second kappa shape index (κ2) is 5.71. The molecule has 1 aromatic carbocycles. The van der Waals surface area contributed by atoms with Gasteiger partial charge in [-0.2, -0.15) is 0 Å². The Hall–Kier alpha value is -1.09. The van der Waals surface area contributed by atoms with Crippen molar-refractivity contribution in [2.45, 2.75) is 12.8 Å². The highest BCUT2D eigenvalue weighted by atomic mass is 19.1. The maximum Gasteiger partial charge on any atom is 0.126 e. The molecule has 0 aromatic heterocycles. The second-order valence-electron chi connectivity index (χ2n) is 3.96. The minimum absolute atomic E-state index is 0.104. The monoisotopic (exact) mass is 210 g/mol. The average Bonchev–Trinajstić information content (AvgIpc) is 2.20. The van der Waals surface area contributed by atoms with E-state index in [4.69, 9.17) is 0 Å². The van der Waals surface area contributed by atoms with E-state index in [-0.39, 0.29) is 5.82 Å². The molecule has 0 aliphatic heterocycles. The first kappa shape index (κ1) is 12.0. The number of halogens is 1. The highest BCUT2D eigenvalue weighted by Crippen LogP contribution is 2.15. The molecule has 0 atom stereocenters. The summed E-state index contributed by atoms with van der Waals surface area (Å²) >= 11 is 0. The minimum atomic E-state index is -0.104. The van der Waals surface area contributed by atoms with Crippen molar-refractivity contribution >= 4 is 5.69 Å². The van der Waals surface area contributed by atoms with Gasteiger partial charge in [-0.3, -0.25) is 0 Å². The van der Waals surface area contributed by atoms with Gasteiger partial charge in [-0.05, 0) is 57.2 Å². The van der Waals surface area contributed by atoms with Crippen molar-refractivity contribution < 1.29 is 4.39 Å². The maximum absolute atomic E-state index is 13.4. The van der Waals surface area contributed by atoms with Crippen molar-refractivity contribution in [2.75, 3.05) is 33.0 Å². The van der Waals surface area contributed by atoms with E-state index < -0.39 is 0 Å². The Morgan fingerprint density at radius 3 is 2.67 bits per heavy atom. The van der Waals surface area contributed by atoms with Crippen molar-refractivity contribution in [1.29, 1.82) is 0 Å². The minimum Gasteiger partial charge on any atom is -0.388 e. The fourth-order valence-electron chi connectivity index (χ4n) is 1.51. The molecule has 1 N–H and O–H groups in total. The fraction of sp³-hybridized carbons (Fsp3) is 0.500. The fourth-order valence-corrected chi connectivity index (χ4v) is 1.51. The van der Waals surface area contributed by atoms with Gasteiger partial charge >= 0.3 is 0 Å². The predicted molar refractivity (Wildman–Crippen MR) is 62.8 cm³/mol. The van der Waals surface area contributed by atoms with E-state index in [0.29, 0.717) is 0 Å². The van der Waals surface area contributed by atoms with Gasteiger partial charge in [0.15, 0.2) is 0 Å². The van der Waals surface area contributed by atoms with Gasteiger partial charge in [-0.15, -0.1) is 0 Å². The first-order chi connectivity index (χ1) is 7.13. The molecular formula is C12H19FN2. The summed E-state index contributed by atoms with van der Waals surface area (Å²) in [5.41, 5.74) is 1.76. The molecule has 0 bridgehead atoms. The Morgan fingerprint density at radius 2 is 2.07 bits per heavy atom. The first-order valence-electron chi connectivity index (χ1n) is 5.24. The molecule has 0 aliphatic rings. The summed E-state index contributed by atoms with van der Waals surface area (Å²) in [6, 6.07) is 5.16. The molecule has 1 rings (SSSR count). The van der Waals surface area contributed by atoms with Crippen LogP contribution in [0.5, 0.6) is 0 Å². The summed E-state index contributed by atoms with van der Waals surface area (Å²) in [4.78, 5) is 2.11. The lowest BCUT2D eigenvalue weighted by molar-refractivity contribution is 0.399. The topological polar surface area (TPSA) is 15.3 Å². The maximum atomic E-state index is 13.4. The summed E-state index contributed by atoms with van der Waals surface area (Å²) in [5, 5.41) is 3.02. The molecule has 0 amide bonds. The van der Waals surface area contributed by atoms with Gasteiger partial charge in [0.25, 0.3) is 0 Å². The molecule has 3 heteroatoms. The molecule has 0 unspecified atom stereocenters. The number of aryl methyl sites for hydroxylation is 1. The van der Waals surface area contributed by atoms with Crippen LogP contribution >= 0.6 is 0 Å². The Morgan fingerprint density at radius 1 is 1.33 bits per heavy atom. The highest BCUT2D eigenvalue weighted by molar-refractivity contribution is 5.45. The molecule has 0 spiro atoms. The van der Waals surface area contributed by atoms with Crippen LogP contribution in [0.1, 0.15) is 12.0 Å². The van der Waals surface area contributed by atoms with Crippen molar-refractivity contribution in [1.82, 2.24) is 4.90 Å². The summed E-state index contributed by atoms with van der Waals surface area (Å²) < 4.78 is 13.4. The molecule has 0 fully saturated rings. The van der Waals surface area contributed by atoms with Crippen LogP contribution < -0.4 is 5.32 Å². The summed E-state index contributed by atoms with van der Waals surface area (Å²) in [6.45, 7) is 0.989. The average molecular weight is 210 g/mol. The zero-order valence-corrected chi connectivity index (χ0v) is 9.68. The van der Waals surface area contributed by atoms with Gasteiger partial charge in [-0.1, -0.05) is 0 Å². The molecular weight excluding hydrogens is 191 g/mol. The molecule has 2 nitrogen and oxygen atoms in total. The quantitative estimate of drug-likeness (QED) is 0.802. The number of nitrogens with zero attached hydrogens (tertiary/aromatic N) is 1. The number of nitrogens with one attached hydrogen (secondary N) is 1. The summed E-state index contributed by atoms with van der Waals surface area (Å²) in [5.74, 6) is -0.104. The molecule has 1 aromatic rings. The Kier molecular flexibility index (Phi) is 4.56. The second-order valence-corrected chi connectivity index (χ2v) is 3.96. The van der Waals surface area contributed by atoms with Gasteiger partial charge in [0.2, 0.25) is 0 Å². The summed E-state index contributed by atoms with van der Waals surface area (Å²) in [7, 11) is 5.90. The van der Waals surface area contributed by atoms with Gasteiger partial charge in [0.05, 0.1) is 0 Å². The standard InChI is InChI=1S/C12H19FN2/c1-14-11-6-7-12(13)10(9-11)5-4-8-15(2)3/h6-7,9,14H,4-5,8H2,1-3H3. The number of hydrogen-bond acceptors (Lipinski definition) is 2. The van der Waals surface area contributed by atoms with Crippen molar-refractivity contribution in [3.05, 3.63) is 29.6 Å². The van der Waals surface area contributed by atoms with Gasteiger partial charge < -0.3 is 10.2 Å². The molecule has 0 radical (unpaired) electrons. The molecule has 0 saturated carbocycles. The van der Waals surface area contributed by atoms with E-state index in [0.717, 1.165) is 30.6 Å². The lowest BCUT2D eigenvalue weighted by atomic mass is 10.1. The molecule has 0 aliphatic carbocycles. The normalized spacial score (nSPS) is 10.7. The third kappa shape index (κ3) is 3.88. The largest absolute Gasteiger partial charge is 0.388 e. The van der Waals surface area contributed by atoms with Crippen LogP contribution in [-0.4, -0.2) is 32.6 Å². The molecule has 84 valence electrons. The van der Waals surface area contributed by atoms with E-state index in [1.54, 1.807) is 6.07 Å². The van der Waals surface area contributed by atoms with Crippen molar-refractivity contribution in [2.24, 2.45) is 0 Å². The van der Waals surface area contributed by atoms with Gasteiger partial charge in [0.1, 0.15) is 5.82 Å². The Bertz CT molecular complexity index is 310. The van der Waals surface area contributed by atoms with Crippen LogP contribution in [0.15, 0.2) is 18.2 Å². The smallest absolute Gasteiger partial charge is 0.126 e. The molecule has 15 heavy (non-hydrogen) atoms. The van der Waals surface area contributed by atoms with E-state index >= 15 is 0 Å². The Labute approximate surface area is 91.1 Å². The zero-order valence-electron chi connectivity index (χ0n) is 9.68. The van der Waals surface area contributed by atoms with Crippen LogP contribution in [-0.2, 0) is 6.42 Å². The number of benzene rings is 1. The zero-order chi connectivity index (χ0) is 11.3. The Balaban J connectivity index is 2.59. The van der Waals surface area contributed by atoms with E-state index in [2.05, 4.69) is 10.2 Å². The predicted octanol–water partition coefficient (Wildman–Crippen LogP) is 2.36. The highest BCUT2D eigenvalue weighted by Gasteiger charge is 2.03. The lowest BCUT2D eigenvalue weighted by Crippen LogP contribution is -2.13. The number of anilines is 1. The van der Waals surface area contributed by atoms with Gasteiger partial charge in [0, 0.05) is 12.7 Å². The lowest BCUT2D eigenvalue weighted by Gasteiger charge is -2.10. The van der Waals surface area contributed by atoms with E-state index in [9.17, 15) is 4.39 Å². The van der Waals surface area contributed by atoms with E-state index in [1.807, 2.05) is 27.2 Å². The molecule has 0 heterocycles. The van der Waals surface area contributed by atoms with Crippen LogP contribution in [0.2, 0.25) is 0 Å². The van der Waals surface area contributed by atoms with Crippen LogP contribution in [0.3, 0.4) is 0 Å². The third-order valence-electron chi connectivity index (χ3n) is 2.39. The number of rotatable bonds is 5. The van der Waals surface area contributed by atoms with Crippen LogP contribution in [0.4, 0.5) is 10.1 Å². The van der Waals surface area contributed by atoms with Crippen LogP contribution in [0, 0.1) is 5.82 Å². The van der Waals surface area contributed by atoms with Crippen molar-refractivity contribution in [3.63, 3.8) is 0 Å². The van der Waals surface area contributed by atoms with E-state index in [1.165, 1.54) is 6.07 Å². The molecule has 0 saturated heterocycles.